The van der Waals surface area contributed by atoms with Gasteiger partial charge in [0.1, 0.15) is 11.9 Å². The molecule has 3 rings (SSSR count). The van der Waals surface area contributed by atoms with Gasteiger partial charge >= 0.3 is 0 Å². The van der Waals surface area contributed by atoms with E-state index in [2.05, 4.69) is 15.2 Å². The molecule has 1 aromatic rings. The van der Waals surface area contributed by atoms with Crippen molar-refractivity contribution in [2.45, 2.75) is 25.4 Å². The third kappa shape index (κ3) is 4.52. The van der Waals surface area contributed by atoms with Gasteiger partial charge in [0.2, 0.25) is 0 Å². The number of aliphatic imine (C=N–C) groups is 1. The zero-order valence-electron chi connectivity index (χ0n) is 15.3. The average molecular weight is 362 g/mol. The minimum atomic E-state index is -0.250. The molecule has 1 unspecified atom stereocenters. The number of guanidine groups is 1. The topological polar surface area (TPSA) is 57.2 Å². The van der Waals surface area contributed by atoms with Crippen LogP contribution in [0.15, 0.2) is 29.3 Å². The third-order valence-electron chi connectivity index (χ3n) is 4.94. The zero-order valence-corrected chi connectivity index (χ0v) is 15.3. The van der Waals surface area contributed by atoms with Crippen LogP contribution in [-0.4, -0.2) is 74.1 Å². The number of halogens is 1. The predicted molar refractivity (Wildman–Crippen MR) is 98.6 cm³/mol. The summed E-state index contributed by atoms with van der Waals surface area (Å²) in [4.78, 5) is 20.8. The van der Waals surface area contributed by atoms with Gasteiger partial charge in [-0.15, -0.1) is 0 Å². The summed E-state index contributed by atoms with van der Waals surface area (Å²) in [5, 5.41) is 3.30. The van der Waals surface area contributed by atoms with Gasteiger partial charge in [0, 0.05) is 46.4 Å². The van der Waals surface area contributed by atoms with Gasteiger partial charge in [-0.05, 0) is 30.9 Å². The number of nitrogens with zero attached hydrogens (tertiary/aromatic N) is 3. The maximum atomic E-state index is 13.7. The minimum absolute atomic E-state index is 0.115. The maximum absolute atomic E-state index is 13.7. The SMILES string of the molecule is CN=C(NCCc1ccccc1F)N1CCN(C(=O)C2CCCO2)CC1. The Bertz CT molecular complexity index is 638. The van der Waals surface area contributed by atoms with Crippen molar-refractivity contribution in [2.24, 2.45) is 4.99 Å². The summed E-state index contributed by atoms with van der Waals surface area (Å²) in [6.07, 6.45) is 2.15. The summed E-state index contributed by atoms with van der Waals surface area (Å²) in [7, 11) is 1.75. The predicted octanol–water partition coefficient (Wildman–Crippen LogP) is 1.27. The molecule has 2 heterocycles. The second-order valence-electron chi connectivity index (χ2n) is 6.63. The van der Waals surface area contributed by atoms with E-state index in [0.29, 0.717) is 38.2 Å². The molecule has 7 heteroatoms. The number of ether oxygens (including phenoxy) is 1. The van der Waals surface area contributed by atoms with Gasteiger partial charge in [0.15, 0.2) is 5.96 Å². The Hall–Kier alpha value is -2.15. The molecule has 1 amide bonds. The zero-order chi connectivity index (χ0) is 18.4. The van der Waals surface area contributed by atoms with E-state index in [1.807, 2.05) is 11.0 Å². The second-order valence-corrected chi connectivity index (χ2v) is 6.63. The fourth-order valence-electron chi connectivity index (χ4n) is 3.46. The summed E-state index contributed by atoms with van der Waals surface area (Å²) in [6, 6.07) is 6.82. The Balaban J connectivity index is 1.45. The Morgan fingerprint density at radius 2 is 2.00 bits per heavy atom. The van der Waals surface area contributed by atoms with Crippen LogP contribution in [0.1, 0.15) is 18.4 Å². The standard InChI is InChI=1S/C19H27FN4O2/c1-21-19(22-9-8-15-5-2-3-6-16(15)20)24-12-10-23(11-13-24)18(25)17-7-4-14-26-17/h2-3,5-6,17H,4,7-14H2,1H3,(H,21,22). The summed E-state index contributed by atoms with van der Waals surface area (Å²) in [5.74, 6) is 0.737. The quantitative estimate of drug-likeness (QED) is 0.647. The summed E-state index contributed by atoms with van der Waals surface area (Å²) >= 11 is 0. The van der Waals surface area contributed by atoms with E-state index in [1.54, 1.807) is 19.2 Å². The molecular formula is C19H27FN4O2. The lowest BCUT2D eigenvalue weighted by Gasteiger charge is -2.37. The first-order valence-electron chi connectivity index (χ1n) is 9.28. The third-order valence-corrected chi connectivity index (χ3v) is 4.94. The van der Waals surface area contributed by atoms with Crippen LogP contribution < -0.4 is 5.32 Å². The highest BCUT2D eigenvalue weighted by Gasteiger charge is 2.30. The van der Waals surface area contributed by atoms with E-state index >= 15 is 0 Å². The molecule has 1 atom stereocenters. The van der Waals surface area contributed by atoms with E-state index in [0.717, 1.165) is 31.9 Å². The molecule has 0 aliphatic carbocycles. The van der Waals surface area contributed by atoms with Crippen LogP contribution in [0, 0.1) is 5.82 Å². The van der Waals surface area contributed by atoms with Crippen molar-refractivity contribution in [3.8, 4) is 0 Å². The monoisotopic (exact) mass is 362 g/mol. The number of rotatable bonds is 4. The van der Waals surface area contributed by atoms with E-state index in [-0.39, 0.29) is 17.8 Å². The molecule has 142 valence electrons. The van der Waals surface area contributed by atoms with Crippen molar-refractivity contribution in [1.82, 2.24) is 15.1 Å². The van der Waals surface area contributed by atoms with Crippen molar-refractivity contribution in [2.75, 3.05) is 46.4 Å². The maximum Gasteiger partial charge on any atom is 0.251 e. The number of hydrogen-bond acceptors (Lipinski definition) is 3. The van der Waals surface area contributed by atoms with E-state index < -0.39 is 0 Å². The van der Waals surface area contributed by atoms with Crippen molar-refractivity contribution >= 4 is 11.9 Å². The summed E-state index contributed by atoms with van der Waals surface area (Å²) < 4.78 is 19.2. The average Bonchev–Trinajstić information content (AvgIpc) is 3.21. The van der Waals surface area contributed by atoms with Gasteiger partial charge in [-0.2, -0.15) is 0 Å². The van der Waals surface area contributed by atoms with Gasteiger partial charge in [-0.1, -0.05) is 18.2 Å². The molecule has 0 radical (unpaired) electrons. The number of carbonyl (C=O) groups excluding carboxylic acids is 1. The van der Waals surface area contributed by atoms with E-state index in [4.69, 9.17) is 4.74 Å². The van der Waals surface area contributed by atoms with E-state index in [9.17, 15) is 9.18 Å². The van der Waals surface area contributed by atoms with Gasteiger partial charge in [0.25, 0.3) is 5.91 Å². The Kier molecular flexibility index (Phi) is 6.44. The molecule has 1 aromatic carbocycles. The second kappa shape index (κ2) is 8.98. The molecule has 26 heavy (non-hydrogen) atoms. The normalized spacial score (nSPS) is 21.2. The van der Waals surface area contributed by atoms with Crippen LogP contribution in [0.2, 0.25) is 0 Å². The van der Waals surface area contributed by atoms with Crippen LogP contribution in [0.5, 0.6) is 0 Å². The fourth-order valence-corrected chi connectivity index (χ4v) is 3.46. The summed E-state index contributed by atoms with van der Waals surface area (Å²) in [5.41, 5.74) is 0.697. The number of amides is 1. The molecule has 6 nitrogen and oxygen atoms in total. The minimum Gasteiger partial charge on any atom is -0.368 e. The smallest absolute Gasteiger partial charge is 0.251 e. The number of hydrogen-bond donors (Lipinski definition) is 1. The first kappa shape index (κ1) is 18.6. The lowest BCUT2D eigenvalue weighted by atomic mass is 10.1. The Labute approximate surface area is 154 Å². The van der Waals surface area contributed by atoms with Crippen molar-refractivity contribution < 1.29 is 13.9 Å². The van der Waals surface area contributed by atoms with E-state index in [1.165, 1.54) is 6.07 Å². The lowest BCUT2D eigenvalue weighted by Crippen LogP contribution is -2.55. The highest BCUT2D eigenvalue weighted by molar-refractivity contribution is 5.82. The van der Waals surface area contributed by atoms with Gasteiger partial charge in [0.05, 0.1) is 0 Å². The summed E-state index contributed by atoms with van der Waals surface area (Å²) in [6.45, 7) is 4.12. The molecule has 2 aliphatic heterocycles. The number of benzene rings is 1. The molecule has 0 saturated carbocycles. The molecule has 1 N–H and O–H groups in total. The molecular weight excluding hydrogens is 335 g/mol. The van der Waals surface area contributed by atoms with Crippen molar-refractivity contribution in [3.63, 3.8) is 0 Å². The number of carbonyl (C=O) groups is 1. The first-order chi connectivity index (χ1) is 12.7. The van der Waals surface area contributed by atoms with Crippen LogP contribution in [0.3, 0.4) is 0 Å². The van der Waals surface area contributed by atoms with Crippen LogP contribution >= 0.6 is 0 Å². The molecule has 2 fully saturated rings. The molecule has 0 spiro atoms. The number of piperazine rings is 1. The largest absolute Gasteiger partial charge is 0.368 e. The van der Waals surface area contributed by atoms with Crippen molar-refractivity contribution in [1.29, 1.82) is 0 Å². The van der Waals surface area contributed by atoms with Crippen LogP contribution in [0.4, 0.5) is 4.39 Å². The van der Waals surface area contributed by atoms with Gasteiger partial charge in [-0.3, -0.25) is 9.79 Å². The molecule has 2 aliphatic rings. The Morgan fingerprint density at radius 1 is 1.27 bits per heavy atom. The highest BCUT2D eigenvalue weighted by Crippen LogP contribution is 2.16. The first-order valence-corrected chi connectivity index (χ1v) is 9.28. The van der Waals surface area contributed by atoms with Crippen molar-refractivity contribution in [3.05, 3.63) is 35.6 Å². The van der Waals surface area contributed by atoms with Crippen LogP contribution in [0.25, 0.3) is 0 Å². The number of nitrogens with one attached hydrogen (secondary N) is 1. The molecule has 0 aromatic heterocycles. The van der Waals surface area contributed by atoms with Gasteiger partial charge < -0.3 is 19.9 Å². The molecule has 0 bridgehead atoms. The molecule has 2 saturated heterocycles. The fraction of sp³-hybridized carbons (Fsp3) is 0.579. The highest BCUT2D eigenvalue weighted by atomic mass is 19.1. The van der Waals surface area contributed by atoms with Crippen LogP contribution in [-0.2, 0) is 16.0 Å². The van der Waals surface area contributed by atoms with Gasteiger partial charge in [-0.25, -0.2) is 4.39 Å². The lowest BCUT2D eigenvalue weighted by molar-refractivity contribution is -0.142. The Morgan fingerprint density at radius 3 is 2.65 bits per heavy atom.